The van der Waals surface area contributed by atoms with Gasteiger partial charge in [-0.05, 0) is 61.9 Å². The van der Waals surface area contributed by atoms with Crippen molar-refractivity contribution >= 4 is 45.8 Å². The van der Waals surface area contributed by atoms with Crippen molar-refractivity contribution in [3.8, 4) is 0 Å². The smallest absolute Gasteiger partial charge is 0.258 e. The topological polar surface area (TPSA) is 69.7 Å². The van der Waals surface area contributed by atoms with E-state index in [1.807, 2.05) is 68.4 Å². The van der Waals surface area contributed by atoms with Gasteiger partial charge in [0.1, 0.15) is 6.04 Å². The summed E-state index contributed by atoms with van der Waals surface area (Å²) >= 11 is 6.16. The lowest BCUT2D eigenvalue weighted by Crippen LogP contribution is -2.49. The van der Waals surface area contributed by atoms with E-state index in [0.717, 1.165) is 28.4 Å². The normalized spacial score (nSPS) is 14.1. The lowest BCUT2D eigenvalue weighted by atomic mass is 10.1. The number of nitrogens with zero attached hydrogens (tertiary/aromatic N) is 2. The molecule has 0 saturated carbocycles. The van der Waals surface area contributed by atoms with Crippen molar-refractivity contribution in [2.75, 3.05) is 11.4 Å². The minimum atomic E-state index is -0.642. The minimum Gasteiger partial charge on any atom is -0.352 e. The molecule has 0 fully saturated rings. The Labute approximate surface area is 217 Å². The highest BCUT2D eigenvalue weighted by Crippen LogP contribution is 2.37. The molecule has 4 rings (SSSR count). The van der Waals surface area contributed by atoms with Gasteiger partial charge in [0.25, 0.3) is 5.91 Å². The third-order valence-electron chi connectivity index (χ3n) is 6.83. The van der Waals surface area contributed by atoms with Gasteiger partial charge >= 0.3 is 0 Å². The SMILES string of the molecule is CCC(C)NC(=O)C(C)N(Cc1cccc(Cl)c1)C(=O)CCCN1C(=O)c2cccc3cccc1c23. The number of carbonyl (C=O) groups excluding carboxylic acids is 3. The molecule has 1 N–H and O–H groups in total. The Bertz CT molecular complexity index is 1290. The minimum absolute atomic E-state index is 0.0218. The molecule has 7 heteroatoms. The Balaban J connectivity index is 1.46. The van der Waals surface area contributed by atoms with E-state index < -0.39 is 6.04 Å². The zero-order valence-corrected chi connectivity index (χ0v) is 21.7. The second-order valence-electron chi connectivity index (χ2n) is 9.39. The van der Waals surface area contributed by atoms with Gasteiger partial charge in [-0.3, -0.25) is 14.4 Å². The predicted molar refractivity (Wildman–Crippen MR) is 144 cm³/mol. The summed E-state index contributed by atoms with van der Waals surface area (Å²) in [5.74, 6) is -0.355. The number of halogens is 1. The van der Waals surface area contributed by atoms with E-state index in [1.54, 1.807) is 22.8 Å². The maximum Gasteiger partial charge on any atom is 0.258 e. The second-order valence-corrected chi connectivity index (χ2v) is 9.82. The monoisotopic (exact) mass is 505 g/mol. The van der Waals surface area contributed by atoms with Crippen LogP contribution in [0.25, 0.3) is 10.8 Å². The first-order valence-corrected chi connectivity index (χ1v) is 12.9. The molecule has 188 valence electrons. The number of hydrogen-bond acceptors (Lipinski definition) is 3. The van der Waals surface area contributed by atoms with Crippen LogP contribution in [0.2, 0.25) is 5.02 Å². The fourth-order valence-corrected chi connectivity index (χ4v) is 4.83. The molecule has 1 heterocycles. The summed E-state index contributed by atoms with van der Waals surface area (Å²) in [6, 6.07) is 18.3. The fourth-order valence-electron chi connectivity index (χ4n) is 4.61. The molecule has 2 unspecified atom stereocenters. The number of amides is 3. The quantitative estimate of drug-likeness (QED) is 0.392. The molecule has 6 nitrogen and oxygen atoms in total. The third kappa shape index (κ3) is 5.39. The number of benzene rings is 3. The maximum absolute atomic E-state index is 13.4. The Morgan fingerprint density at radius 1 is 1.06 bits per heavy atom. The highest BCUT2D eigenvalue weighted by Gasteiger charge is 2.30. The van der Waals surface area contributed by atoms with Gasteiger partial charge in [0.05, 0.1) is 5.69 Å². The van der Waals surface area contributed by atoms with E-state index in [2.05, 4.69) is 5.32 Å². The summed E-state index contributed by atoms with van der Waals surface area (Å²) in [6.45, 7) is 6.41. The van der Waals surface area contributed by atoms with Gasteiger partial charge in [0, 0.05) is 41.5 Å². The van der Waals surface area contributed by atoms with Gasteiger partial charge in [-0.15, -0.1) is 0 Å². The van der Waals surface area contributed by atoms with Crippen molar-refractivity contribution in [2.24, 2.45) is 0 Å². The summed E-state index contributed by atoms with van der Waals surface area (Å²) < 4.78 is 0. The van der Waals surface area contributed by atoms with E-state index in [1.165, 1.54) is 0 Å². The molecule has 0 aromatic heterocycles. The number of anilines is 1. The number of nitrogens with one attached hydrogen (secondary N) is 1. The molecule has 0 bridgehead atoms. The van der Waals surface area contributed by atoms with Crippen LogP contribution >= 0.6 is 11.6 Å². The van der Waals surface area contributed by atoms with Crippen molar-refractivity contribution in [3.05, 3.63) is 76.8 Å². The third-order valence-corrected chi connectivity index (χ3v) is 7.07. The molecular weight excluding hydrogens is 474 g/mol. The molecule has 1 aliphatic rings. The Hall–Kier alpha value is -3.38. The number of carbonyl (C=O) groups is 3. The summed E-state index contributed by atoms with van der Waals surface area (Å²) in [5.41, 5.74) is 2.45. The van der Waals surface area contributed by atoms with Crippen LogP contribution in [0, 0.1) is 0 Å². The molecule has 0 aliphatic carbocycles. The van der Waals surface area contributed by atoms with Crippen LogP contribution in [0.1, 0.15) is 56.0 Å². The predicted octanol–water partition coefficient (Wildman–Crippen LogP) is 5.57. The van der Waals surface area contributed by atoms with E-state index in [4.69, 9.17) is 11.6 Å². The molecule has 3 amide bonds. The van der Waals surface area contributed by atoms with Gasteiger partial charge in [-0.25, -0.2) is 0 Å². The first-order valence-electron chi connectivity index (χ1n) is 12.5. The number of rotatable bonds is 10. The fraction of sp³-hybridized carbons (Fsp3) is 0.345. The second kappa shape index (κ2) is 11.1. The molecule has 3 aromatic rings. The lowest BCUT2D eigenvalue weighted by Gasteiger charge is -2.30. The molecule has 36 heavy (non-hydrogen) atoms. The van der Waals surface area contributed by atoms with Gasteiger partial charge in [0.2, 0.25) is 11.8 Å². The first kappa shape index (κ1) is 25.7. The Morgan fingerprint density at radius 3 is 2.50 bits per heavy atom. The van der Waals surface area contributed by atoms with Crippen LogP contribution in [0.15, 0.2) is 60.7 Å². The van der Waals surface area contributed by atoms with Crippen LogP contribution < -0.4 is 10.2 Å². The summed E-state index contributed by atoms with van der Waals surface area (Å²) in [7, 11) is 0. The Kier molecular flexibility index (Phi) is 7.94. The van der Waals surface area contributed by atoms with Gasteiger partial charge in [-0.2, -0.15) is 0 Å². The van der Waals surface area contributed by atoms with Crippen LogP contribution in [0.3, 0.4) is 0 Å². The zero-order chi connectivity index (χ0) is 25.8. The highest BCUT2D eigenvalue weighted by molar-refractivity contribution is 6.30. The van der Waals surface area contributed by atoms with E-state index >= 15 is 0 Å². The van der Waals surface area contributed by atoms with Crippen molar-refractivity contribution in [3.63, 3.8) is 0 Å². The largest absolute Gasteiger partial charge is 0.352 e. The summed E-state index contributed by atoms with van der Waals surface area (Å²) in [5, 5.41) is 5.56. The lowest BCUT2D eigenvalue weighted by molar-refractivity contribution is -0.140. The van der Waals surface area contributed by atoms with Crippen molar-refractivity contribution in [1.29, 1.82) is 0 Å². The zero-order valence-electron chi connectivity index (χ0n) is 21.0. The van der Waals surface area contributed by atoms with E-state index in [0.29, 0.717) is 23.6 Å². The van der Waals surface area contributed by atoms with Crippen LogP contribution in [-0.4, -0.2) is 41.2 Å². The van der Waals surface area contributed by atoms with Crippen molar-refractivity contribution in [1.82, 2.24) is 10.2 Å². The number of hydrogen-bond donors (Lipinski definition) is 1. The van der Waals surface area contributed by atoms with Crippen molar-refractivity contribution < 1.29 is 14.4 Å². The maximum atomic E-state index is 13.4. The molecule has 0 spiro atoms. The Morgan fingerprint density at radius 2 is 1.78 bits per heavy atom. The van der Waals surface area contributed by atoms with E-state index in [-0.39, 0.29) is 36.7 Å². The van der Waals surface area contributed by atoms with E-state index in [9.17, 15) is 14.4 Å². The molecular formula is C29H32ClN3O3. The summed E-state index contributed by atoms with van der Waals surface area (Å²) in [4.78, 5) is 42.7. The average molecular weight is 506 g/mol. The first-order chi connectivity index (χ1) is 17.3. The molecule has 0 radical (unpaired) electrons. The molecule has 1 aliphatic heterocycles. The standard InChI is InChI=1S/C29H32ClN3O3/c1-4-19(2)31-28(35)20(3)33(18-21-9-5-12-23(30)17-21)26(34)15-8-16-32-25-14-7-11-22-10-6-13-24(27(22)25)29(32)36/h5-7,9-14,17,19-20H,4,8,15-16,18H2,1-3H3,(H,31,35). The molecule has 2 atom stereocenters. The molecule has 0 saturated heterocycles. The molecule has 3 aromatic carbocycles. The van der Waals surface area contributed by atoms with Crippen molar-refractivity contribution in [2.45, 2.75) is 58.7 Å². The van der Waals surface area contributed by atoms with Crippen LogP contribution in [-0.2, 0) is 16.1 Å². The van der Waals surface area contributed by atoms with Gasteiger partial charge in [0.15, 0.2) is 0 Å². The van der Waals surface area contributed by atoms with Gasteiger partial charge < -0.3 is 15.1 Å². The van der Waals surface area contributed by atoms with Crippen LogP contribution in [0.5, 0.6) is 0 Å². The average Bonchev–Trinajstić information content (AvgIpc) is 3.14. The van der Waals surface area contributed by atoms with Gasteiger partial charge in [-0.1, -0.05) is 54.9 Å². The summed E-state index contributed by atoms with van der Waals surface area (Å²) in [6.07, 6.45) is 1.51. The van der Waals surface area contributed by atoms with Crippen LogP contribution in [0.4, 0.5) is 5.69 Å². The highest BCUT2D eigenvalue weighted by atomic mass is 35.5.